The third-order valence-corrected chi connectivity index (χ3v) is 5.06. The summed E-state index contributed by atoms with van der Waals surface area (Å²) in [6, 6.07) is 5.50. The molecule has 1 atom stereocenters. The van der Waals surface area contributed by atoms with E-state index in [9.17, 15) is 4.55 Å². The van der Waals surface area contributed by atoms with Crippen LogP contribution < -0.4 is 9.47 Å². The van der Waals surface area contributed by atoms with Crippen LogP contribution >= 0.6 is 0 Å². The number of aryl methyl sites for hydroxylation is 1. The van der Waals surface area contributed by atoms with E-state index >= 15 is 0 Å². The molecule has 0 aliphatic heterocycles. The molecule has 3 aromatic rings. The number of hydrogen-bond donors (Lipinski definition) is 1. The van der Waals surface area contributed by atoms with Crippen molar-refractivity contribution in [1.82, 2.24) is 15.0 Å². The van der Waals surface area contributed by atoms with Crippen molar-refractivity contribution in [3.8, 4) is 11.5 Å². The van der Waals surface area contributed by atoms with Crippen LogP contribution in [0.2, 0.25) is 0 Å². The van der Waals surface area contributed by atoms with E-state index in [2.05, 4.69) is 15.0 Å². The summed E-state index contributed by atoms with van der Waals surface area (Å²) in [5.41, 5.74) is 4.16. The second-order valence-electron chi connectivity index (χ2n) is 5.46. The van der Waals surface area contributed by atoms with E-state index in [1.54, 1.807) is 20.4 Å². The predicted molar refractivity (Wildman–Crippen MR) is 93.0 cm³/mol. The number of hydrogen-bond acceptors (Lipinski definition) is 5. The zero-order chi connectivity index (χ0) is 17.3. The summed E-state index contributed by atoms with van der Waals surface area (Å²) in [7, 11) is 3.23. The summed E-state index contributed by atoms with van der Waals surface area (Å²) in [5, 5.41) is 0.430. The molecular formula is C17H19N3O3SZn. The first kappa shape index (κ1) is 19.7. The van der Waals surface area contributed by atoms with Crippen LogP contribution in [0.4, 0.5) is 0 Å². The first-order valence-corrected chi connectivity index (χ1v) is 8.76. The number of H-pyrrole nitrogens is 1. The van der Waals surface area contributed by atoms with Gasteiger partial charge in [-0.15, -0.1) is 0 Å². The summed E-state index contributed by atoms with van der Waals surface area (Å²) in [5.74, 6) is 1.79. The van der Waals surface area contributed by atoms with Crippen molar-refractivity contribution in [1.29, 1.82) is 0 Å². The first-order valence-electron chi connectivity index (χ1n) is 7.44. The Bertz CT molecular complexity index is 885. The Labute approximate surface area is 162 Å². The van der Waals surface area contributed by atoms with E-state index in [4.69, 9.17) is 9.47 Å². The molecule has 0 bridgehead atoms. The fourth-order valence-electron chi connectivity index (χ4n) is 2.61. The summed E-state index contributed by atoms with van der Waals surface area (Å²) < 4.78 is 23.3. The summed E-state index contributed by atoms with van der Waals surface area (Å²) in [4.78, 5) is 11.9. The molecule has 128 valence electrons. The molecule has 1 N–H and O–H groups in total. The molecule has 2 aromatic heterocycles. The zero-order valence-electron chi connectivity index (χ0n) is 14.8. The van der Waals surface area contributed by atoms with Crippen molar-refractivity contribution in [2.45, 2.75) is 24.8 Å². The molecule has 0 saturated heterocycles. The summed E-state index contributed by atoms with van der Waals surface area (Å²) >= 11 is -1.33. The molecule has 0 saturated carbocycles. The number of rotatable bonds is 5. The quantitative estimate of drug-likeness (QED) is 0.516. The molecule has 0 spiro atoms. The average Bonchev–Trinajstić information content (AvgIpc) is 3.01. The Hall–Kier alpha value is -1.63. The molecule has 6 nitrogen and oxygen atoms in total. The van der Waals surface area contributed by atoms with Gasteiger partial charge in [0.25, 0.3) is 0 Å². The van der Waals surface area contributed by atoms with Gasteiger partial charge in [0.1, 0.15) is 11.5 Å². The molecule has 3 rings (SSSR count). The molecule has 0 fully saturated rings. The fraction of sp³-hybridized carbons (Fsp3) is 0.294. The zero-order valence-corrected chi connectivity index (χ0v) is 18.5. The van der Waals surface area contributed by atoms with Crippen LogP contribution in [-0.4, -0.2) is 33.7 Å². The minimum Gasteiger partial charge on any atom is -0.609 e. The standard InChI is InChI=1S/C17H19N3O3S.Zn/c1-10-8-18-15(11(2)16(10)23-4)9-24(21)17-19-13-6-5-12(22-3)7-14(13)20-17;/h5-8H,9H2,1-4H3,(H,19,20);/t24-;/m1./s1. The largest absolute Gasteiger partial charge is 0.609 e. The van der Waals surface area contributed by atoms with Gasteiger partial charge in [0.05, 0.1) is 30.9 Å². The molecule has 0 unspecified atom stereocenters. The number of nitrogens with one attached hydrogen (secondary N) is 1. The van der Waals surface area contributed by atoms with Gasteiger partial charge in [-0.1, -0.05) is 0 Å². The number of pyridine rings is 1. The van der Waals surface area contributed by atoms with Gasteiger partial charge in [0.15, 0.2) is 5.75 Å². The molecule has 8 heteroatoms. The normalized spacial score (nSPS) is 11.9. The smallest absolute Gasteiger partial charge is 0.322 e. The van der Waals surface area contributed by atoms with Crippen molar-refractivity contribution in [2.75, 3.05) is 14.2 Å². The van der Waals surface area contributed by atoms with Gasteiger partial charge in [0, 0.05) is 54.0 Å². The van der Waals surface area contributed by atoms with E-state index in [1.165, 1.54) is 0 Å². The number of aromatic amines is 1. The Kier molecular flexibility index (Phi) is 6.43. The molecule has 0 aliphatic rings. The van der Waals surface area contributed by atoms with Gasteiger partial charge >= 0.3 is 5.16 Å². The number of fused-ring (bicyclic) bond motifs is 1. The number of benzene rings is 1. The van der Waals surface area contributed by atoms with Crippen LogP contribution in [0.15, 0.2) is 29.6 Å². The molecule has 2 heterocycles. The summed E-state index contributed by atoms with van der Waals surface area (Å²) in [6.07, 6.45) is 1.74. The maximum absolute atomic E-state index is 12.7. The predicted octanol–water partition coefficient (Wildman–Crippen LogP) is 2.90. The van der Waals surface area contributed by atoms with Crippen molar-refractivity contribution in [3.05, 3.63) is 41.2 Å². The third-order valence-electron chi connectivity index (χ3n) is 3.90. The van der Waals surface area contributed by atoms with E-state index in [0.29, 0.717) is 5.16 Å². The Balaban J connectivity index is 0.00000225. The van der Waals surface area contributed by atoms with Crippen LogP contribution in [0.25, 0.3) is 11.0 Å². The van der Waals surface area contributed by atoms with Crippen molar-refractivity contribution < 1.29 is 33.5 Å². The van der Waals surface area contributed by atoms with Gasteiger partial charge in [-0.05, 0) is 26.0 Å². The Morgan fingerprint density at radius 1 is 1.20 bits per heavy atom. The Morgan fingerprint density at radius 3 is 2.64 bits per heavy atom. The maximum atomic E-state index is 12.7. The topological polar surface area (TPSA) is 83.1 Å². The molecule has 1 aromatic carbocycles. The monoisotopic (exact) mass is 409 g/mol. The molecule has 0 amide bonds. The number of imidazole rings is 1. The third kappa shape index (κ3) is 3.97. The molecule has 25 heavy (non-hydrogen) atoms. The number of ether oxygens (including phenoxy) is 2. The Morgan fingerprint density at radius 2 is 1.96 bits per heavy atom. The van der Waals surface area contributed by atoms with Crippen molar-refractivity contribution in [3.63, 3.8) is 0 Å². The van der Waals surface area contributed by atoms with Crippen LogP contribution in [-0.2, 0) is 36.4 Å². The van der Waals surface area contributed by atoms with Gasteiger partial charge in [0.2, 0.25) is 0 Å². The molecular weight excluding hydrogens is 392 g/mol. The fourth-order valence-corrected chi connectivity index (χ4v) is 3.71. The SMILES string of the molecule is COc1ccc2nc([S@+]([O-])Cc3ncc(C)c(OC)c3C)[nH]c2c1.[Zn]. The van der Waals surface area contributed by atoms with Crippen LogP contribution in [0.3, 0.4) is 0 Å². The van der Waals surface area contributed by atoms with Gasteiger partial charge in [-0.2, -0.15) is 4.98 Å². The number of methoxy groups -OCH3 is 2. The molecule has 0 radical (unpaired) electrons. The van der Waals surface area contributed by atoms with Crippen LogP contribution in [0.1, 0.15) is 16.8 Å². The average molecular weight is 411 g/mol. The van der Waals surface area contributed by atoms with Crippen LogP contribution in [0, 0.1) is 13.8 Å². The second-order valence-corrected chi connectivity index (χ2v) is 6.83. The first-order chi connectivity index (χ1) is 11.5. The van der Waals surface area contributed by atoms with E-state index in [-0.39, 0.29) is 25.2 Å². The van der Waals surface area contributed by atoms with Gasteiger partial charge in [-0.25, -0.2) is 0 Å². The van der Waals surface area contributed by atoms with Gasteiger partial charge in [-0.3, -0.25) is 9.97 Å². The maximum Gasteiger partial charge on any atom is 0.322 e. The van der Waals surface area contributed by atoms with Crippen molar-refractivity contribution in [2.24, 2.45) is 0 Å². The minimum absolute atomic E-state index is 0. The second kappa shape index (κ2) is 8.17. The van der Waals surface area contributed by atoms with Crippen molar-refractivity contribution >= 4 is 22.2 Å². The molecule has 0 aliphatic carbocycles. The minimum atomic E-state index is -1.33. The number of nitrogens with zero attached hydrogens (tertiary/aromatic N) is 2. The number of aromatic nitrogens is 3. The van der Waals surface area contributed by atoms with Crippen LogP contribution in [0.5, 0.6) is 11.5 Å². The van der Waals surface area contributed by atoms with Gasteiger partial charge < -0.3 is 14.0 Å². The van der Waals surface area contributed by atoms with E-state index < -0.39 is 11.2 Å². The summed E-state index contributed by atoms with van der Waals surface area (Å²) in [6.45, 7) is 3.86. The van der Waals surface area contributed by atoms with E-state index in [0.717, 1.165) is 39.4 Å². The van der Waals surface area contributed by atoms with E-state index in [1.807, 2.05) is 32.0 Å².